The van der Waals surface area contributed by atoms with Crippen LogP contribution in [0.5, 0.6) is 11.5 Å². The maximum absolute atomic E-state index is 12.0. The van der Waals surface area contributed by atoms with Crippen LogP contribution in [-0.4, -0.2) is 25.1 Å². The SMILES string of the molecule is COc1ccc(OC)c(/C=C/C(=O)Nc2cc(C)c(Br)cn2)c1. The zero-order chi connectivity index (χ0) is 16.8. The predicted molar refractivity (Wildman–Crippen MR) is 93.9 cm³/mol. The fourth-order valence-electron chi connectivity index (χ4n) is 1.91. The van der Waals surface area contributed by atoms with Crippen LogP contribution in [0.1, 0.15) is 11.1 Å². The van der Waals surface area contributed by atoms with E-state index in [0.29, 0.717) is 17.3 Å². The number of amides is 1. The van der Waals surface area contributed by atoms with Crippen LogP contribution >= 0.6 is 15.9 Å². The topological polar surface area (TPSA) is 60.5 Å². The maximum atomic E-state index is 12.0. The summed E-state index contributed by atoms with van der Waals surface area (Å²) in [4.78, 5) is 16.2. The van der Waals surface area contributed by atoms with Gasteiger partial charge in [0.1, 0.15) is 17.3 Å². The molecule has 6 heteroatoms. The molecule has 23 heavy (non-hydrogen) atoms. The molecule has 2 rings (SSSR count). The summed E-state index contributed by atoms with van der Waals surface area (Å²) in [5, 5.41) is 2.72. The quantitative estimate of drug-likeness (QED) is 0.805. The normalized spacial score (nSPS) is 10.6. The third-order valence-corrected chi connectivity index (χ3v) is 3.98. The fraction of sp³-hybridized carbons (Fsp3) is 0.176. The number of hydrogen-bond acceptors (Lipinski definition) is 4. The molecule has 1 aromatic heterocycles. The van der Waals surface area contributed by atoms with Crippen LogP contribution < -0.4 is 14.8 Å². The molecule has 0 aliphatic carbocycles. The zero-order valence-electron chi connectivity index (χ0n) is 13.1. The molecule has 2 aromatic rings. The molecule has 0 aliphatic heterocycles. The van der Waals surface area contributed by atoms with Crippen molar-refractivity contribution in [1.82, 2.24) is 4.98 Å². The lowest BCUT2D eigenvalue weighted by Crippen LogP contribution is -2.09. The average molecular weight is 377 g/mol. The second-order valence-corrected chi connectivity index (χ2v) is 5.60. The van der Waals surface area contributed by atoms with Gasteiger partial charge in [0.15, 0.2) is 0 Å². The monoisotopic (exact) mass is 376 g/mol. The van der Waals surface area contributed by atoms with E-state index in [-0.39, 0.29) is 5.91 Å². The molecule has 0 spiro atoms. The van der Waals surface area contributed by atoms with E-state index in [2.05, 4.69) is 26.2 Å². The minimum atomic E-state index is -0.274. The van der Waals surface area contributed by atoms with Gasteiger partial charge < -0.3 is 14.8 Å². The lowest BCUT2D eigenvalue weighted by atomic mass is 10.1. The molecular weight excluding hydrogens is 360 g/mol. The van der Waals surface area contributed by atoms with E-state index in [4.69, 9.17) is 9.47 Å². The Kier molecular flexibility index (Phi) is 5.76. The molecule has 1 heterocycles. The van der Waals surface area contributed by atoms with Crippen molar-refractivity contribution in [2.24, 2.45) is 0 Å². The van der Waals surface area contributed by atoms with Gasteiger partial charge in [-0.2, -0.15) is 0 Å². The first-order valence-electron chi connectivity index (χ1n) is 6.86. The number of carbonyl (C=O) groups excluding carboxylic acids is 1. The van der Waals surface area contributed by atoms with Gasteiger partial charge in [0, 0.05) is 22.3 Å². The number of anilines is 1. The van der Waals surface area contributed by atoms with Gasteiger partial charge in [0.2, 0.25) is 5.91 Å². The van der Waals surface area contributed by atoms with E-state index in [1.807, 2.05) is 6.92 Å². The summed E-state index contributed by atoms with van der Waals surface area (Å²) >= 11 is 3.37. The van der Waals surface area contributed by atoms with E-state index < -0.39 is 0 Å². The van der Waals surface area contributed by atoms with Crippen molar-refractivity contribution in [3.05, 3.63) is 52.1 Å². The van der Waals surface area contributed by atoms with Gasteiger partial charge >= 0.3 is 0 Å². The highest BCUT2D eigenvalue weighted by Gasteiger charge is 2.05. The molecule has 0 atom stereocenters. The predicted octanol–water partition coefficient (Wildman–Crippen LogP) is 3.82. The van der Waals surface area contributed by atoms with Crippen LogP contribution in [-0.2, 0) is 4.79 Å². The lowest BCUT2D eigenvalue weighted by Gasteiger charge is -2.07. The van der Waals surface area contributed by atoms with E-state index in [9.17, 15) is 4.79 Å². The molecule has 0 aliphatic rings. The lowest BCUT2D eigenvalue weighted by molar-refractivity contribution is -0.111. The van der Waals surface area contributed by atoms with Gasteiger partial charge in [-0.25, -0.2) is 4.98 Å². The van der Waals surface area contributed by atoms with Crippen molar-refractivity contribution in [3.8, 4) is 11.5 Å². The Labute approximate surface area is 143 Å². The van der Waals surface area contributed by atoms with Gasteiger partial charge in [-0.1, -0.05) is 0 Å². The number of rotatable bonds is 5. The third-order valence-electron chi connectivity index (χ3n) is 3.15. The van der Waals surface area contributed by atoms with Gasteiger partial charge in [-0.15, -0.1) is 0 Å². The fourth-order valence-corrected chi connectivity index (χ4v) is 2.13. The number of carbonyl (C=O) groups is 1. The number of methoxy groups -OCH3 is 2. The third kappa shape index (κ3) is 4.56. The number of nitrogens with one attached hydrogen (secondary N) is 1. The summed E-state index contributed by atoms with van der Waals surface area (Å²) in [6.07, 6.45) is 4.75. The van der Waals surface area contributed by atoms with E-state index >= 15 is 0 Å². The molecule has 0 bridgehead atoms. The van der Waals surface area contributed by atoms with Gasteiger partial charge in [0.25, 0.3) is 0 Å². The number of halogens is 1. The largest absolute Gasteiger partial charge is 0.497 e. The van der Waals surface area contributed by atoms with E-state index in [0.717, 1.165) is 15.6 Å². The first-order chi connectivity index (χ1) is 11.0. The molecule has 1 N–H and O–H groups in total. The summed E-state index contributed by atoms with van der Waals surface area (Å²) in [5.74, 6) is 1.57. The zero-order valence-corrected chi connectivity index (χ0v) is 14.7. The summed E-state index contributed by atoms with van der Waals surface area (Å²) in [6.45, 7) is 1.93. The highest BCUT2D eigenvalue weighted by atomic mass is 79.9. The Morgan fingerprint density at radius 3 is 2.70 bits per heavy atom. The Morgan fingerprint density at radius 1 is 1.26 bits per heavy atom. The molecule has 0 saturated heterocycles. The summed E-state index contributed by atoms with van der Waals surface area (Å²) in [5.41, 5.74) is 1.75. The Morgan fingerprint density at radius 2 is 2.04 bits per heavy atom. The number of aryl methyl sites for hydroxylation is 1. The summed E-state index contributed by atoms with van der Waals surface area (Å²) in [7, 11) is 3.16. The molecule has 1 aromatic carbocycles. The maximum Gasteiger partial charge on any atom is 0.249 e. The summed E-state index contributed by atoms with van der Waals surface area (Å²) in [6, 6.07) is 7.17. The van der Waals surface area contributed by atoms with Crippen LogP contribution in [0.25, 0.3) is 6.08 Å². The van der Waals surface area contributed by atoms with Crippen LogP contribution in [0.4, 0.5) is 5.82 Å². The van der Waals surface area contributed by atoms with Gasteiger partial charge in [0.05, 0.1) is 14.2 Å². The first kappa shape index (κ1) is 17.0. The second-order valence-electron chi connectivity index (χ2n) is 4.75. The number of ether oxygens (including phenoxy) is 2. The van der Waals surface area contributed by atoms with Crippen LogP contribution in [0.15, 0.2) is 41.0 Å². The molecule has 0 radical (unpaired) electrons. The number of aromatic nitrogens is 1. The minimum Gasteiger partial charge on any atom is -0.497 e. The van der Waals surface area contributed by atoms with Crippen molar-refractivity contribution >= 4 is 33.7 Å². The molecule has 5 nitrogen and oxygen atoms in total. The van der Waals surface area contributed by atoms with Crippen LogP contribution in [0.2, 0.25) is 0 Å². The number of pyridine rings is 1. The molecule has 1 amide bonds. The molecular formula is C17H17BrN2O3. The van der Waals surface area contributed by atoms with Crippen molar-refractivity contribution in [2.75, 3.05) is 19.5 Å². The molecule has 0 fully saturated rings. The second kappa shape index (κ2) is 7.78. The summed E-state index contributed by atoms with van der Waals surface area (Å²) < 4.78 is 11.3. The van der Waals surface area contributed by atoms with Gasteiger partial charge in [-0.05, 0) is 58.8 Å². The Bertz CT molecular complexity index is 745. The molecule has 0 saturated carbocycles. The minimum absolute atomic E-state index is 0.274. The van der Waals surface area contributed by atoms with Crippen molar-refractivity contribution in [2.45, 2.75) is 6.92 Å². The van der Waals surface area contributed by atoms with Crippen LogP contribution in [0, 0.1) is 6.92 Å². The smallest absolute Gasteiger partial charge is 0.249 e. The number of benzene rings is 1. The Hall–Kier alpha value is -2.34. The van der Waals surface area contributed by atoms with Gasteiger partial charge in [-0.3, -0.25) is 4.79 Å². The molecule has 0 unspecified atom stereocenters. The molecule has 120 valence electrons. The average Bonchev–Trinajstić information content (AvgIpc) is 2.56. The highest BCUT2D eigenvalue weighted by Crippen LogP contribution is 2.25. The number of hydrogen-bond donors (Lipinski definition) is 1. The van der Waals surface area contributed by atoms with Crippen molar-refractivity contribution in [1.29, 1.82) is 0 Å². The van der Waals surface area contributed by atoms with Crippen molar-refractivity contribution in [3.63, 3.8) is 0 Å². The van der Waals surface area contributed by atoms with Crippen LogP contribution in [0.3, 0.4) is 0 Å². The van der Waals surface area contributed by atoms with E-state index in [1.54, 1.807) is 50.8 Å². The van der Waals surface area contributed by atoms with Crippen molar-refractivity contribution < 1.29 is 14.3 Å². The highest BCUT2D eigenvalue weighted by molar-refractivity contribution is 9.10. The Balaban J connectivity index is 2.13. The first-order valence-corrected chi connectivity index (χ1v) is 7.66. The van der Waals surface area contributed by atoms with E-state index in [1.165, 1.54) is 6.08 Å². The standard InChI is InChI=1S/C17H17BrN2O3/c1-11-8-16(19-10-14(11)18)20-17(21)7-4-12-9-13(22-2)5-6-15(12)23-3/h4-10H,1-3H3,(H,19,20,21)/b7-4+. The number of nitrogens with zero attached hydrogens (tertiary/aromatic N) is 1.